The van der Waals surface area contributed by atoms with Gasteiger partial charge in [0.15, 0.2) is 11.5 Å². The maximum absolute atomic E-state index is 12.1. The minimum absolute atomic E-state index is 0.0563. The van der Waals surface area contributed by atoms with Crippen LogP contribution in [-0.2, 0) is 11.2 Å². The van der Waals surface area contributed by atoms with Gasteiger partial charge in [-0.3, -0.25) is 4.79 Å². The molecule has 2 aromatic carbocycles. The number of fused-ring (bicyclic) bond motifs is 1. The molecular formula is C21H24NO4+. The van der Waals surface area contributed by atoms with Crippen molar-refractivity contribution in [1.29, 1.82) is 0 Å². The second kappa shape index (κ2) is 7.00. The van der Waals surface area contributed by atoms with Gasteiger partial charge >= 0.3 is 5.97 Å². The number of carboxylic acid groups (broad SMARTS) is 1. The van der Waals surface area contributed by atoms with Gasteiger partial charge in [-0.2, -0.15) is 0 Å². The van der Waals surface area contributed by atoms with Crippen LogP contribution in [0.3, 0.4) is 0 Å². The Morgan fingerprint density at radius 3 is 2.46 bits per heavy atom. The third kappa shape index (κ3) is 3.03. The highest BCUT2D eigenvalue weighted by atomic mass is 16.6. The lowest BCUT2D eigenvalue weighted by Gasteiger charge is -2.21. The molecule has 5 nitrogen and oxygen atoms in total. The third-order valence-electron chi connectivity index (χ3n) is 5.52. The van der Waals surface area contributed by atoms with Crippen molar-refractivity contribution in [3.63, 3.8) is 0 Å². The monoisotopic (exact) mass is 354 g/mol. The van der Waals surface area contributed by atoms with Gasteiger partial charge in [0.1, 0.15) is 25.2 Å². The van der Waals surface area contributed by atoms with Crippen LogP contribution in [0.4, 0.5) is 0 Å². The summed E-state index contributed by atoms with van der Waals surface area (Å²) < 4.78 is 11.3. The molecule has 0 bridgehead atoms. The molecule has 3 atom stereocenters. The third-order valence-corrected chi connectivity index (χ3v) is 5.52. The number of nitrogens with two attached hydrogens (primary N) is 1. The van der Waals surface area contributed by atoms with E-state index in [-0.39, 0.29) is 12.0 Å². The maximum atomic E-state index is 12.1. The summed E-state index contributed by atoms with van der Waals surface area (Å²) >= 11 is 0. The van der Waals surface area contributed by atoms with Crippen LogP contribution in [0, 0.1) is 5.92 Å². The quantitative estimate of drug-likeness (QED) is 0.882. The number of benzene rings is 2. The van der Waals surface area contributed by atoms with Gasteiger partial charge in [0.05, 0.1) is 12.5 Å². The van der Waals surface area contributed by atoms with E-state index in [1.807, 2.05) is 18.2 Å². The SMILES string of the molecule is CCc1ccc(C2[NH2+]CC(c3ccc4c(c3)OCCO4)[C@H]2C(=O)O)cc1. The van der Waals surface area contributed by atoms with Gasteiger partial charge in [-0.1, -0.05) is 37.3 Å². The Morgan fingerprint density at radius 2 is 1.77 bits per heavy atom. The molecular weight excluding hydrogens is 330 g/mol. The number of quaternary nitrogens is 1. The van der Waals surface area contributed by atoms with Crippen molar-refractivity contribution in [1.82, 2.24) is 0 Å². The van der Waals surface area contributed by atoms with Crippen molar-refractivity contribution >= 4 is 5.97 Å². The van der Waals surface area contributed by atoms with Gasteiger partial charge in [0, 0.05) is 5.56 Å². The Hall–Kier alpha value is -2.53. The largest absolute Gasteiger partial charge is 0.486 e. The molecule has 4 rings (SSSR count). The van der Waals surface area contributed by atoms with Gasteiger partial charge in [-0.25, -0.2) is 0 Å². The van der Waals surface area contributed by atoms with E-state index in [1.165, 1.54) is 5.56 Å². The van der Waals surface area contributed by atoms with E-state index in [0.29, 0.717) is 19.0 Å². The summed E-state index contributed by atoms with van der Waals surface area (Å²) in [6.07, 6.45) is 0.983. The van der Waals surface area contributed by atoms with E-state index in [2.05, 4.69) is 36.5 Å². The fraction of sp³-hybridized carbons (Fsp3) is 0.381. The van der Waals surface area contributed by atoms with Crippen molar-refractivity contribution in [3.8, 4) is 11.5 Å². The Bertz CT molecular complexity index is 802. The number of carboxylic acids is 1. The molecule has 0 aromatic heterocycles. The Kier molecular flexibility index (Phi) is 4.55. The molecule has 0 aliphatic carbocycles. The summed E-state index contributed by atoms with van der Waals surface area (Å²) in [5.41, 5.74) is 3.35. The number of rotatable bonds is 4. The minimum Gasteiger partial charge on any atom is -0.486 e. The first-order valence-corrected chi connectivity index (χ1v) is 9.22. The van der Waals surface area contributed by atoms with Crippen molar-refractivity contribution in [2.45, 2.75) is 25.3 Å². The van der Waals surface area contributed by atoms with Gasteiger partial charge < -0.3 is 19.9 Å². The molecule has 2 unspecified atom stereocenters. The number of carbonyl (C=O) groups is 1. The van der Waals surface area contributed by atoms with Crippen LogP contribution in [-0.4, -0.2) is 30.8 Å². The Balaban J connectivity index is 1.63. The second-order valence-corrected chi connectivity index (χ2v) is 6.97. The summed E-state index contributed by atoms with van der Waals surface area (Å²) in [7, 11) is 0. The summed E-state index contributed by atoms with van der Waals surface area (Å²) in [6, 6.07) is 14.1. The zero-order chi connectivity index (χ0) is 18.1. The predicted octanol–water partition coefficient (Wildman–Crippen LogP) is 2.12. The smallest absolute Gasteiger partial charge is 0.313 e. The van der Waals surface area contributed by atoms with Crippen LogP contribution < -0.4 is 14.8 Å². The summed E-state index contributed by atoms with van der Waals surface area (Å²) in [5, 5.41) is 12.1. The van der Waals surface area contributed by atoms with Gasteiger partial charge in [-0.05, 0) is 29.7 Å². The zero-order valence-corrected chi connectivity index (χ0v) is 14.9. The predicted molar refractivity (Wildman–Crippen MR) is 96.7 cm³/mol. The molecule has 3 N–H and O–H groups in total. The average Bonchev–Trinajstić information content (AvgIpc) is 3.13. The van der Waals surface area contributed by atoms with E-state index in [0.717, 1.165) is 29.8 Å². The number of hydrogen-bond donors (Lipinski definition) is 2. The lowest BCUT2D eigenvalue weighted by molar-refractivity contribution is -0.679. The standard InChI is InChI=1S/C21H23NO4/c1-2-13-3-5-14(6-4-13)20-19(21(23)24)16(12-22-20)15-7-8-17-18(11-15)26-10-9-25-17/h3-8,11,16,19-20,22H,2,9-10,12H2,1H3,(H,23,24)/p+1/t16?,19-,20?/m1/s1. The maximum Gasteiger partial charge on any atom is 0.313 e. The molecule has 2 aliphatic heterocycles. The van der Waals surface area contributed by atoms with E-state index >= 15 is 0 Å². The van der Waals surface area contributed by atoms with Crippen molar-refractivity contribution in [2.75, 3.05) is 19.8 Å². The van der Waals surface area contributed by atoms with Gasteiger partial charge in [0.25, 0.3) is 0 Å². The lowest BCUT2D eigenvalue weighted by atomic mass is 9.82. The van der Waals surface area contributed by atoms with Crippen LogP contribution in [0.1, 0.15) is 35.6 Å². The van der Waals surface area contributed by atoms with Crippen molar-refractivity contribution < 1.29 is 24.7 Å². The van der Waals surface area contributed by atoms with Gasteiger partial charge in [0.2, 0.25) is 0 Å². The molecule has 2 aliphatic rings. The molecule has 2 aromatic rings. The highest BCUT2D eigenvalue weighted by Crippen LogP contribution is 2.40. The molecule has 0 spiro atoms. The summed E-state index contributed by atoms with van der Waals surface area (Å²) in [6.45, 7) is 3.95. The topological polar surface area (TPSA) is 72.4 Å². The van der Waals surface area contributed by atoms with E-state index in [4.69, 9.17) is 9.47 Å². The molecule has 1 fully saturated rings. The van der Waals surface area contributed by atoms with E-state index < -0.39 is 11.9 Å². The molecule has 5 heteroatoms. The average molecular weight is 354 g/mol. The van der Waals surface area contributed by atoms with E-state index in [9.17, 15) is 9.90 Å². The van der Waals surface area contributed by atoms with Crippen LogP contribution in [0.2, 0.25) is 0 Å². The van der Waals surface area contributed by atoms with Crippen LogP contribution >= 0.6 is 0 Å². The molecule has 26 heavy (non-hydrogen) atoms. The highest BCUT2D eigenvalue weighted by molar-refractivity contribution is 5.73. The Labute approximate surface area is 152 Å². The Morgan fingerprint density at radius 1 is 1.08 bits per heavy atom. The van der Waals surface area contributed by atoms with Gasteiger partial charge in [-0.15, -0.1) is 0 Å². The van der Waals surface area contributed by atoms with Crippen LogP contribution in [0.15, 0.2) is 42.5 Å². The van der Waals surface area contributed by atoms with E-state index in [1.54, 1.807) is 0 Å². The lowest BCUT2D eigenvalue weighted by Crippen LogP contribution is -2.82. The first-order chi connectivity index (χ1) is 12.7. The number of aliphatic carboxylic acids is 1. The first-order valence-electron chi connectivity index (χ1n) is 9.22. The minimum atomic E-state index is -0.747. The molecule has 136 valence electrons. The normalized spacial score (nSPS) is 24.4. The summed E-state index contributed by atoms with van der Waals surface area (Å²) in [5.74, 6) is 0.182. The fourth-order valence-electron chi connectivity index (χ4n) is 4.12. The van der Waals surface area contributed by atoms with Crippen molar-refractivity contribution in [3.05, 3.63) is 59.2 Å². The molecule has 0 amide bonds. The van der Waals surface area contributed by atoms with Crippen molar-refractivity contribution in [2.24, 2.45) is 5.92 Å². The fourth-order valence-corrected chi connectivity index (χ4v) is 4.12. The highest BCUT2D eigenvalue weighted by Gasteiger charge is 2.46. The molecule has 2 heterocycles. The molecule has 0 radical (unpaired) electrons. The number of ether oxygens (including phenoxy) is 2. The molecule has 1 saturated heterocycles. The van der Waals surface area contributed by atoms with Crippen LogP contribution in [0.25, 0.3) is 0 Å². The zero-order valence-electron chi connectivity index (χ0n) is 14.9. The van der Waals surface area contributed by atoms with Crippen LogP contribution in [0.5, 0.6) is 11.5 Å². The first kappa shape index (κ1) is 16.9. The number of aryl methyl sites for hydroxylation is 1. The number of hydrogen-bond acceptors (Lipinski definition) is 3. The summed E-state index contributed by atoms with van der Waals surface area (Å²) in [4.78, 5) is 12.1. The molecule has 0 saturated carbocycles. The second-order valence-electron chi connectivity index (χ2n) is 6.97.